The standard InChI is InChI=1S/C19H25N3/c1-4-5-6-16-9-13-22-14-10-20-19(22)18(15(16)2)17-7-11-21(3)12-8-17/h4-6,10,14H,2,7-9,11-13H2,1,3H3/b5-4-,16-6-. The SMILES string of the molecule is C=C1C(=C2CCN(C)CC2)c2nccn2CC/C1=C/C=C\C. The van der Waals surface area contributed by atoms with Crippen LogP contribution in [0.15, 0.2) is 53.9 Å². The number of rotatable bonds is 1. The quantitative estimate of drug-likeness (QED) is 0.785. The minimum atomic E-state index is 0.981. The smallest absolute Gasteiger partial charge is 0.140 e. The lowest BCUT2D eigenvalue weighted by atomic mass is 9.89. The number of imidazole rings is 1. The van der Waals surface area contributed by atoms with Gasteiger partial charge in [0.2, 0.25) is 0 Å². The summed E-state index contributed by atoms with van der Waals surface area (Å²) in [6.07, 6.45) is 13.7. The van der Waals surface area contributed by atoms with Crippen LogP contribution >= 0.6 is 0 Å². The van der Waals surface area contributed by atoms with Crippen molar-refractivity contribution in [3.05, 3.63) is 59.7 Å². The van der Waals surface area contributed by atoms with Crippen LogP contribution in [0.25, 0.3) is 5.57 Å². The van der Waals surface area contributed by atoms with E-state index in [4.69, 9.17) is 0 Å². The van der Waals surface area contributed by atoms with Crippen LogP contribution in [-0.2, 0) is 6.54 Å². The Morgan fingerprint density at radius 2 is 1.95 bits per heavy atom. The highest BCUT2D eigenvalue weighted by Gasteiger charge is 2.24. The molecule has 1 fully saturated rings. The number of piperidine rings is 1. The number of aromatic nitrogens is 2. The first kappa shape index (κ1) is 15.0. The second-order valence-corrected chi connectivity index (χ2v) is 6.17. The molecule has 2 aliphatic rings. The third kappa shape index (κ3) is 2.86. The van der Waals surface area contributed by atoms with Crippen molar-refractivity contribution in [1.82, 2.24) is 14.5 Å². The van der Waals surface area contributed by atoms with Crippen molar-refractivity contribution in [3.63, 3.8) is 0 Å². The highest BCUT2D eigenvalue weighted by Crippen LogP contribution is 2.37. The van der Waals surface area contributed by atoms with Gasteiger partial charge < -0.3 is 9.47 Å². The molecule has 0 aromatic carbocycles. The molecule has 22 heavy (non-hydrogen) atoms. The van der Waals surface area contributed by atoms with Crippen molar-refractivity contribution in [2.24, 2.45) is 0 Å². The van der Waals surface area contributed by atoms with Gasteiger partial charge in [-0.1, -0.05) is 30.4 Å². The molecule has 1 saturated heterocycles. The maximum Gasteiger partial charge on any atom is 0.140 e. The van der Waals surface area contributed by atoms with E-state index in [1.54, 1.807) is 0 Å². The Hall–Kier alpha value is -1.87. The summed E-state index contributed by atoms with van der Waals surface area (Å²) >= 11 is 0. The van der Waals surface area contributed by atoms with E-state index < -0.39 is 0 Å². The number of allylic oxidation sites excluding steroid dienone is 6. The first-order valence-corrected chi connectivity index (χ1v) is 8.14. The minimum Gasteiger partial charge on any atom is -0.331 e. The molecule has 0 unspecified atom stereocenters. The first-order valence-electron chi connectivity index (χ1n) is 8.14. The molecule has 0 atom stereocenters. The van der Waals surface area contributed by atoms with Gasteiger partial charge in [-0.25, -0.2) is 4.98 Å². The zero-order valence-electron chi connectivity index (χ0n) is 13.7. The molecule has 0 aliphatic carbocycles. The molecule has 2 aliphatic heterocycles. The van der Waals surface area contributed by atoms with E-state index >= 15 is 0 Å². The van der Waals surface area contributed by atoms with E-state index in [-0.39, 0.29) is 0 Å². The zero-order chi connectivity index (χ0) is 15.5. The molecule has 3 heterocycles. The van der Waals surface area contributed by atoms with Crippen LogP contribution in [0, 0.1) is 0 Å². The van der Waals surface area contributed by atoms with Gasteiger partial charge in [0.1, 0.15) is 5.82 Å². The maximum atomic E-state index is 4.64. The lowest BCUT2D eigenvalue weighted by molar-refractivity contribution is 0.313. The van der Waals surface area contributed by atoms with Crippen molar-refractivity contribution in [2.75, 3.05) is 20.1 Å². The Bertz CT molecular complexity index is 648. The van der Waals surface area contributed by atoms with Crippen LogP contribution in [0.1, 0.15) is 32.0 Å². The predicted molar refractivity (Wildman–Crippen MR) is 92.5 cm³/mol. The molecule has 116 valence electrons. The normalized spacial score (nSPS) is 22.5. The number of fused-ring (bicyclic) bond motifs is 1. The van der Waals surface area contributed by atoms with E-state index in [1.165, 1.54) is 22.3 Å². The van der Waals surface area contributed by atoms with Gasteiger partial charge >= 0.3 is 0 Å². The zero-order valence-corrected chi connectivity index (χ0v) is 13.7. The molecule has 0 spiro atoms. The molecule has 0 saturated carbocycles. The van der Waals surface area contributed by atoms with Crippen molar-refractivity contribution >= 4 is 5.57 Å². The highest BCUT2D eigenvalue weighted by atomic mass is 15.1. The summed E-state index contributed by atoms with van der Waals surface area (Å²) in [5.74, 6) is 1.11. The van der Waals surface area contributed by atoms with Gasteiger partial charge in [0.25, 0.3) is 0 Å². The van der Waals surface area contributed by atoms with Gasteiger partial charge in [-0.05, 0) is 44.4 Å². The summed E-state index contributed by atoms with van der Waals surface area (Å²) in [4.78, 5) is 7.04. The van der Waals surface area contributed by atoms with Crippen molar-refractivity contribution in [3.8, 4) is 0 Å². The molecule has 0 bridgehead atoms. The summed E-state index contributed by atoms with van der Waals surface area (Å²) in [6, 6.07) is 0. The van der Waals surface area contributed by atoms with E-state index in [1.807, 2.05) is 6.20 Å². The molecule has 0 N–H and O–H groups in total. The number of nitrogens with zero attached hydrogens (tertiary/aromatic N) is 3. The summed E-state index contributed by atoms with van der Waals surface area (Å²) in [5.41, 5.74) is 5.32. The Kier molecular flexibility index (Phi) is 4.44. The van der Waals surface area contributed by atoms with Crippen LogP contribution in [0.3, 0.4) is 0 Å². The summed E-state index contributed by atoms with van der Waals surface area (Å²) < 4.78 is 2.28. The first-order chi connectivity index (χ1) is 10.7. The number of likely N-dealkylation sites (tertiary alicyclic amines) is 1. The average Bonchev–Trinajstić information content (AvgIpc) is 2.93. The molecule has 3 nitrogen and oxygen atoms in total. The molecule has 1 aromatic rings. The van der Waals surface area contributed by atoms with E-state index in [0.717, 1.165) is 44.7 Å². The second kappa shape index (κ2) is 6.49. The summed E-state index contributed by atoms with van der Waals surface area (Å²) in [7, 11) is 2.20. The average molecular weight is 295 g/mol. The summed E-state index contributed by atoms with van der Waals surface area (Å²) in [5, 5.41) is 0. The Balaban J connectivity index is 2.07. The van der Waals surface area contributed by atoms with Gasteiger partial charge in [-0.15, -0.1) is 0 Å². The maximum absolute atomic E-state index is 4.64. The largest absolute Gasteiger partial charge is 0.331 e. The van der Waals surface area contributed by atoms with Crippen molar-refractivity contribution in [2.45, 2.75) is 32.7 Å². The van der Waals surface area contributed by atoms with Crippen molar-refractivity contribution in [1.29, 1.82) is 0 Å². The Morgan fingerprint density at radius 1 is 1.18 bits per heavy atom. The van der Waals surface area contributed by atoms with Gasteiger partial charge in [-0.2, -0.15) is 0 Å². The van der Waals surface area contributed by atoms with Gasteiger partial charge in [-0.3, -0.25) is 0 Å². The fraction of sp³-hybridized carbons (Fsp3) is 0.421. The van der Waals surface area contributed by atoms with Gasteiger partial charge in [0.15, 0.2) is 0 Å². The minimum absolute atomic E-state index is 0.981. The molecule has 3 heteroatoms. The number of hydrogen-bond acceptors (Lipinski definition) is 2. The van der Waals surface area contributed by atoms with Crippen LogP contribution < -0.4 is 0 Å². The fourth-order valence-corrected chi connectivity index (χ4v) is 3.31. The lowest BCUT2D eigenvalue weighted by Crippen LogP contribution is -2.27. The monoisotopic (exact) mass is 295 g/mol. The van der Waals surface area contributed by atoms with Crippen molar-refractivity contribution < 1.29 is 0 Å². The van der Waals surface area contributed by atoms with E-state index in [2.05, 4.69) is 59.4 Å². The topological polar surface area (TPSA) is 21.1 Å². The lowest BCUT2D eigenvalue weighted by Gasteiger charge is -2.26. The Labute approximate surface area is 133 Å². The van der Waals surface area contributed by atoms with Crippen LogP contribution in [0.2, 0.25) is 0 Å². The third-order valence-corrected chi connectivity index (χ3v) is 4.68. The fourth-order valence-electron chi connectivity index (χ4n) is 3.31. The molecule has 3 rings (SSSR count). The molecular formula is C19H25N3. The molecule has 0 amide bonds. The Morgan fingerprint density at radius 3 is 2.68 bits per heavy atom. The number of hydrogen-bond donors (Lipinski definition) is 0. The molecule has 1 aromatic heterocycles. The molecular weight excluding hydrogens is 270 g/mol. The van der Waals surface area contributed by atoms with Gasteiger partial charge in [0, 0.05) is 37.6 Å². The third-order valence-electron chi connectivity index (χ3n) is 4.68. The summed E-state index contributed by atoms with van der Waals surface area (Å²) in [6.45, 7) is 9.72. The van der Waals surface area contributed by atoms with Crippen LogP contribution in [0.4, 0.5) is 0 Å². The van der Waals surface area contributed by atoms with Crippen LogP contribution in [0.5, 0.6) is 0 Å². The highest BCUT2D eigenvalue weighted by molar-refractivity contribution is 5.83. The van der Waals surface area contributed by atoms with E-state index in [9.17, 15) is 0 Å². The predicted octanol–water partition coefficient (Wildman–Crippen LogP) is 3.82. The van der Waals surface area contributed by atoms with Crippen LogP contribution in [-0.4, -0.2) is 34.6 Å². The second-order valence-electron chi connectivity index (χ2n) is 6.17. The van der Waals surface area contributed by atoms with E-state index in [0.29, 0.717) is 0 Å². The molecule has 0 radical (unpaired) electrons. The van der Waals surface area contributed by atoms with Gasteiger partial charge in [0.05, 0.1) is 0 Å². The number of aryl methyl sites for hydroxylation is 1.